The van der Waals surface area contributed by atoms with E-state index >= 15 is 0 Å². The Hall–Kier alpha value is -3.13. The van der Waals surface area contributed by atoms with Crippen LogP contribution in [0.1, 0.15) is 32.5 Å². The SMILES string of the molecule is O=C1C[C@H](c2c(F)cccc2F)c2sc(C(=O)O)c(-c3cccc(F)c3)c2N1. The summed E-state index contributed by atoms with van der Waals surface area (Å²) in [4.78, 5) is 24.3. The minimum atomic E-state index is -1.28. The van der Waals surface area contributed by atoms with E-state index in [0.717, 1.165) is 29.5 Å². The molecule has 4 nitrogen and oxygen atoms in total. The minimum absolute atomic E-state index is 0.127. The number of rotatable bonds is 3. The number of thiophene rings is 1. The van der Waals surface area contributed by atoms with Crippen LogP contribution >= 0.6 is 11.3 Å². The molecule has 0 radical (unpaired) electrons. The van der Waals surface area contributed by atoms with Crippen molar-refractivity contribution >= 4 is 28.9 Å². The maximum atomic E-state index is 14.4. The first-order valence-corrected chi connectivity index (χ1v) is 9.08. The highest BCUT2D eigenvalue weighted by molar-refractivity contribution is 7.15. The van der Waals surface area contributed by atoms with Crippen LogP contribution in [0.15, 0.2) is 42.5 Å². The quantitative estimate of drug-likeness (QED) is 0.647. The maximum Gasteiger partial charge on any atom is 0.346 e. The molecule has 1 aliphatic heterocycles. The molecule has 1 amide bonds. The number of benzene rings is 2. The predicted octanol–water partition coefficient (Wildman–Crippen LogP) is 5.00. The molecule has 0 fully saturated rings. The zero-order valence-electron chi connectivity index (χ0n) is 14.1. The van der Waals surface area contributed by atoms with Crippen molar-refractivity contribution in [2.75, 3.05) is 5.32 Å². The van der Waals surface area contributed by atoms with Crippen molar-refractivity contribution in [3.8, 4) is 11.1 Å². The Kier molecular flexibility index (Phi) is 4.43. The van der Waals surface area contributed by atoms with Gasteiger partial charge in [0.15, 0.2) is 0 Å². The lowest BCUT2D eigenvalue weighted by molar-refractivity contribution is -0.116. The number of carboxylic acid groups (broad SMARTS) is 1. The van der Waals surface area contributed by atoms with Crippen molar-refractivity contribution in [2.24, 2.45) is 0 Å². The predicted molar refractivity (Wildman–Crippen MR) is 98.1 cm³/mol. The number of aromatic carboxylic acids is 1. The smallest absolute Gasteiger partial charge is 0.346 e. The van der Waals surface area contributed by atoms with E-state index in [1.165, 1.54) is 24.3 Å². The van der Waals surface area contributed by atoms with Gasteiger partial charge in [-0.25, -0.2) is 18.0 Å². The molecule has 0 saturated carbocycles. The molecule has 1 atom stereocenters. The summed E-state index contributed by atoms with van der Waals surface area (Å²) < 4.78 is 42.4. The van der Waals surface area contributed by atoms with E-state index in [9.17, 15) is 27.9 Å². The fourth-order valence-corrected chi connectivity index (χ4v) is 4.66. The number of carboxylic acids is 1. The summed E-state index contributed by atoms with van der Waals surface area (Å²) >= 11 is 0.823. The number of hydrogen-bond acceptors (Lipinski definition) is 3. The van der Waals surface area contributed by atoms with Gasteiger partial charge in [-0.1, -0.05) is 18.2 Å². The normalized spacial score (nSPS) is 15.8. The van der Waals surface area contributed by atoms with E-state index in [1.807, 2.05) is 0 Å². The van der Waals surface area contributed by atoms with Gasteiger partial charge in [-0.05, 0) is 29.8 Å². The van der Waals surface area contributed by atoms with Crippen LogP contribution in [0.3, 0.4) is 0 Å². The Morgan fingerprint density at radius 1 is 1.11 bits per heavy atom. The van der Waals surface area contributed by atoms with Crippen molar-refractivity contribution in [2.45, 2.75) is 12.3 Å². The number of carbonyl (C=O) groups is 2. The largest absolute Gasteiger partial charge is 0.477 e. The number of carbonyl (C=O) groups excluding carboxylic acids is 1. The molecule has 2 aromatic carbocycles. The fraction of sp³-hybridized carbons (Fsp3) is 0.100. The van der Waals surface area contributed by atoms with Crippen molar-refractivity contribution in [3.63, 3.8) is 0 Å². The van der Waals surface area contributed by atoms with E-state index in [0.29, 0.717) is 4.88 Å². The monoisotopic (exact) mass is 403 g/mol. The molecule has 2 heterocycles. The van der Waals surface area contributed by atoms with E-state index in [1.54, 1.807) is 0 Å². The van der Waals surface area contributed by atoms with Crippen LogP contribution in [0.4, 0.5) is 18.9 Å². The molecule has 0 bridgehead atoms. The lowest BCUT2D eigenvalue weighted by atomic mass is 9.88. The number of nitrogens with one attached hydrogen (secondary N) is 1. The third-order valence-corrected chi connectivity index (χ3v) is 5.85. The van der Waals surface area contributed by atoms with Crippen LogP contribution in [0.25, 0.3) is 11.1 Å². The average Bonchev–Trinajstić information content (AvgIpc) is 3.01. The van der Waals surface area contributed by atoms with Crippen LogP contribution in [0.2, 0.25) is 0 Å². The van der Waals surface area contributed by atoms with Gasteiger partial charge < -0.3 is 10.4 Å². The Morgan fingerprint density at radius 2 is 1.79 bits per heavy atom. The molecule has 4 rings (SSSR count). The van der Waals surface area contributed by atoms with Crippen molar-refractivity contribution in [3.05, 3.63) is 75.2 Å². The molecule has 2 N–H and O–H groups in total. The third kappa shape index (κ3) is 2.95. The van der Waals surface area contributed by atoms with Crippen LogP contribution < -0.4 is 5.32 Å². The number of halogens is 3. The second kappa shape index (κ2) is 6.79. The highest BCUT2D eigenvalue weighted by Gasteiger charge is 2.36. The lowest BCUT2D eigenvalue weighted by Gasteiger charge is -2.24. The second-order valence-corrected chi connectivity index (χ2v) is 7.35. The summed E-state index contributed by atoms with van der Waals surface area (Å²) in [7, 11) is 0. The second-order valence-electron chi connectivity index (χ2n) is 6.30. The van der Waals surface area contributed by atoms with Crippen molar-refractivity contribution < 1.29 is 27.9 Å². The summed E-state index contributed by atoms with van der Waals surface area (Å²) in [5.74, 6) is -4.97. The molecular formula is C20H12F3NO3S. The maximum absolute atomic E-state index is 14.4. The first-order valence-electron chi connectivity index (χ1n) is 8.26. The molecule has 0 unspecified atom stereocenters. The van der Waals surface area contributed by atoms with E-state index in [4.69, 9.17) is 0 Å². The molecule has 28 heavy (non-hydrogen) atoms. The molecular weight excluding hydrogens is 391 g/mol. The minimum Gasteiger partial charge on any atom is -0.477 e. The highest BCUT2D eigenvalue weighted by Crippen LogP contribution is 2.50. The Bertz CT molecular complexity index is 1110. The van der Waals surface area contributed by atoms with Gasteiger partial charge in [-0.2, -0.15) is 0 Å². The van der Waals surface area contributed by atoms with E-state index in [2.05, 4.69) is 5.32 Å². The van der Waals surface area contributed by atoms with Gasteiger partial charge in [0.25, 0.3) is 0 Å². The number of anilines is 1. The van der Waals surface area contributed by atoms with Crippen LogP contribution in [-0.4, -0.2) is 17.0 Å². The van der Waals surface area contributed by atoms with Gasteiger partial charge in [-0.15, -0.1) is 11.3 Å². The van der Waals surface area contributed by atoms with Gasteiger partial charge in [0.05, 0.1) is 5.69 Å². The average molecular weight is 403 g/mol. The fourth-order valence-electron chi connectivity index (χ4n) is 3.43. The summed E-state index contributed by atoms with van der Waals surface area (Å²) in [5, 5.41) is 12.2. The van der Waals surface area contributed by atoms with Gasteiger partial charge >= 0.3 is 5.97 Å². The molecule has 8 heteroatoms. The summed E-state index contributed by atoms with van der Waals surface area (Å²) in [6.45, 7) is 0. The van der Waals surface area contributed by atoms with Crippen LogP contribution in [0.5, 0.6) is 0 Å². The number of fused-ring (bicyclic) bond motifs is 1. The summed E-state index contributed by atoms with van der Waals surface area (Å²) in [6, 6.07) is 8.67. The van der Waals surface area contributed by atoms with E-state index in [-0.39, 0.29) is 33.7 Å². The number of hydrogen-bond donors (Lipinski definition) is 2. The first-order chi connectivity index (χ1) is 13.4. The summed E-state index contributed by atoms with van der Waals surface area (Å²) in [5.41, 5.74) is 0.242. The summed E-state index contributed by atoms with van der Waals surface area (Å²) in [6.07, 6.45) is -0.229. The first kappa shape index (κ1) is 18.2. The van der Waals surface area contributed by atoms with Gasteiger partial charge in [0.1, 0.15) is 22.3 Å². The Labute approximate surface area is 161 Å². The molecule has 0 spiro atoms. The molecule has 1 aliphatic rings. The topological polar surface area (TPSA) is 66.4 Å². The van der Waals surface area contributed by atoms with E-state index < -0.39 is 35.2 Å². The molecule has 3 aromatic rings. The molecule has 142 valence electrons. The van der Waals surface area contributed by atoms with Crippen LogP contribution in [0, 0.1) is 17.5 Å². The zero-order chi connectivity index (χ0) is 20.0. The lowest BCUT2D eigenvalue weighted by Crippen LogP contribution is -2.23. The number of amides is 1. The standard InChI is InChI=1S/C20H12F3NO3S/c21-10-4-1-3-9(7-10)15-17-18(28-19(15)20(26)27)11(8-14(25)24-17)16-12(22)5-2-6-13(16)23/h1-7,11H,8H2,(H,24,25)(H,26,27)/t11-/m1/s1. The molecule has 0 aliphatic carbocycles. The molecule has 0 saturated heterocycles. The van der Waals surface area contributed by atoms with Crippen molar-refractivity contribution in [1.29, 1.82) is 0 Å². The van der Waals surface area contributed by atoms with Crippen molar-refractivity contribution in [1.82, 2.24) is 0 Å². The van der Waals surface area contributed by atoms with Gasteiger partial charge in [-0.3, -0.25) is 4.79 Å². The third-order valence-electron chi connectivity index (χ3n) is 4.56. The zero-order valence-corrected chi connectivity index (χ0v) is 14.9. The highest BCUT2D eigenvalue weighted by atomic mass is 32.1. The van der Waals surface area contributed by atoms with Gasteiger partial charge in [0, 0.05) is 28.3 Å². The molecule has 1 aromatic heterocycles. The van der Waals surface area contributed by atoms with Gasteiger partial charge in [0.2, 0.25) is 5.91 Å². The van der Waals surface area contributed by atoms with Crippen LogP contribution in [-0.2, 0) is 4.79 Å². The Balaban J connectivity index is 1.99. The Morgan fingerprint density at radius 3 is 2.43 bits per heavy atom.